The number of hydrogen-bond acceptors (Lipinski definition) is 4. The maximum absolute atomic E-state index is 11.5. The number of sulfone groups is 1. The lowest BCUT2D eigenvalue weighted by Crippen LogP contribution is -2.51. The van der Waals surface area contributed by atoms with E-state index in [4.69, 9.17) is 4.74 Å². The van der Waals surface area contributed by atoms with Crippen LogP contribution in [-0.4, -0.2) is 45.7 Å². The monoisotopic (exact) mass is 233 g/mol. The van der Waals surface area contributed by atoms with Gasteiger partial charge in [0.15, 0.2) is 9.84 Å². The van der Waals surface area contributed by atoms with Crippen LogP contribution in [0.3, 0.4) is 0 Å². The van der Waals surface area contributed by atoms with Crippen molar-refractivity contribution in [1.29, 1.82) is 0 Å². The molecule has 0 amide bonds. The highest BCUT2D eigenvalue weighted by Crippen LogP contribution is 2.35. The van der Waals surface area contributed by atoms with E-state index in [0.29, 0.717) is 18.1 Å². The lowest BCUT2D eigenvalue weighted by Gasteiger charge is -2.34. The van der Waals surface area contributed by atoms with Gasteiger partial charge in [0, 0.05) is 12.6 Å². The lowest BCUT2D eigenvalue weighted by molar-refractivity contribution is 0.0879. The summed E-state index contributed by atoms with van der Waals surface area (Å²) in [7, 11) is -1.10. The molecule has 4 nitrogen and oxygen atoms in total. The largest absolute Gasteiger partial charge is 0.383 e. The Labute approximate surface area is 91.3 Å². The fourth-order valence-electron chi connectivity index (χ4n) is 2.91. The number of hydrogen-bond donors (Lipinski definition) is 1. The topological polar surface area (TPSA) is 55.4 Å². The summed E-state index contributed by atoms with van der Waals surface area (Å²) in [5, 5.41) is 3.46. The molecular weight excluding hydrogens is 214 g/mol. The zero-order chi connectivity index (χ0) is 10.9. The summed E-state index contributed by atoms with van der Waals surface area (Å²) in [5.74, 6) is 0.929. The molecule has 5 heteroatoms. The van der Waals surface area contributed by atoms with Crippen molar-refractivity contribution >= 4 is 9.84 Å². The van der Waals surface area contributed by atoms with Gasteiger partial charge in [-0.25, -0.2) is 8.42 Å². The smallest absolute Gasteiger partial charge is 0.150 e. The summed E-state index contributed by atoms with van der Waals surface area (Å²) >= 11 is 0. The molecule has 2 aliphatic heterocycles. The van der Waals surface area contributed by atoms with Gasteiger partial charge in [0.05, 0.1) is 18.1 Å². The standard InChI is InChI=1S/C10H19NO3S/c1-14-8-10(4-2-5-11-10)9-3-6-15(12,13)7-9/h9,11H,2-8H2,1H3. The van der Waals surface area contributed by atoms with Crippen LogP contribution >= 0.6 is 0 Å². The van der Waals surface area contributed by atoms with E-state index in [1.165, 1.54) is 0 Å². The summed E-state index contributed by atoms with van der Waals surface area (Å²) in [4.78, 5) is 0. The Bertz CT molecular complexity index is 320. The molecule has 0 aromatic rings. The van der Waals surface area contributed by atoms with Crippen molar-refractivity contribution in [2.75, 3.05) is 31.8 Å². The van der Waals surface area contributed by atoms with E-state index < -0.39 is 9.84 Å². The summed E-state index contributed by atoms with van der Waals surface area (Å²) < 4.78 is 28.2. The number of nitrogens with one attached hydrogen (secondary N) is 1. The molecule has 0 aliphatic carbocycles. The number of methoxy groups -OCH3 is 1. The Morgan fingerprint density at radius 2 is 2.33 bits per heavy atom. The van der Waals surface area contributed by atoms with E-state index in [2.05, 4.69) is 5.32 Å². The molecule has 0 saturated carbocycles. The molecule has 2 rings (SSSR count). The molecule has 2 saturated heterocycles. The Morgan fingerprint density at radius 1 is 1.53 bits per heavy atom. The van der Waals surface area contributed by atoms with Gasteiger partial charge in [-0.3, -0.25) is 0 Å². The third-order valence-corrected chi connectivity index (χ3v) is 5.46. The summed E-state index contributed by atoms with van der Waals surface area (Å²) in [6.07, 6.45) is 2.96. The van der Waals surface area contributed by atoms with Crippen molar-refractivity contribution < 1.29 is 13.2 Å². The molecule has 1 N–H and O–H groups in total. The van der Waals surface area contributed by atoms with Crippen molar-refractivity contribution in [2.24, 2.45) is 5.92 Å². The van der Waals surface area contributed by atoms with Gasteiger partial charge < -0.3 is 10.1 Å². The maximum Gasteiger partial charge on any atom is 0.150 e. The molecule has 0 bridgehead atoms. The molecule has 2 fully saturated rings. The second-order valence-electron chi connectivity index (χ2n) is 4.72. The fraction of sp³-hybridized carbons (Fsp3) is 1.00. The van der Waals surface area contributed by atoms with Crippen LogP contribution < -0.4 is 5.32 Å². The molecule has 0 radical (unpaired) electrons. The van der Waals surface area contributed by atoms with Crippen molar-refractivity contribution in [1.82, 2.24) is 5.32 Å². The van der Waals surface area contributed by atoms with E-state index in [1.54, 1.807) is 7.11 Å². The number of ether oxygens (including phenoxy) is 1. The molecule has 2 aliphatic rings. The van der Waals surface area contributed by atoms with Crippen molar-refractivity contribution in [3.05, 3.63) is 0 Å². The first-order valence-corrected chi connectivity index (χ1v) is 7.34. The molecule has 15 heavy (non-hydrogen) atoms. The summed E-state index contributed by atoms with van der Waals surface area (Å²) in [6.45, 7) is 1.62. The minimum absolute atomic E-state index is 0.0711. The average Bonchev–Trinajstić information content (AvgIpc) is 2.74. The highest BCUT2D eigenvalue weighted by Gasteiger charge is 2.46. The molecule has 0 aromatic carbocycles. The highest BCUT2D eigenvalue weighted by molar-refractivity contribution is 7.91. The van der Waals surface area contributed by atoms with E-state index >= 15 is 0 Å². The SMILES string of the molecule is COCC1(C2CCS(=O)(=O)C2)CCCN1. The van der Waals surface area contributed by atoms with Crippen LogP contribution in [0, 0.1) is 5.92 Å². The van der Waals surface area contributed by atoms with E-state index in [-0.39, 0.29) is 11.5 Å². The molecule has 2 heterocycles. The van der Waals surface area contributed by atoms with Gasteiger partial charge in [0.25, 0.3) is 0 Å². The van der Waals surface area contributed by atoms with E-state index in [0.717, 1.165) is 25.8 Å². The summed E-state index contributed by atoms with van der Waals surface area (Å²) in [6, 6.07) is 0. The van der Waals surface area contributed by atoms with Crippen molar-refractivity contribution in [2.45, 2.75) is 24.8 Å². The third kappa shape index (κ3) is 2.19. The lowest BCUT2D eigenvalue weighted by atomic mass is 9.83. The molecule has 0 spiro atoms. The quantitative estimate of drug-likeness (QED) is 0.756. The minimum atomic E-state index is -2.78. The van der Waals surface area contributed by atoms with Gasteiger partial charge in [-0.05, 0) is 31.7 Å². The van der Waals surface area contributed by atoms with Gasteiger partial charge in [0.2, 0.25) is 0 Å². The molecule has 2 atom stereocenters. The van der Waals surface area contributed by atoms with Gasteiger partial charge in [0.1, 0.15) is 0 Å². The van der Waals surface area contributed by atoms with Gasteiger partial charge in [-0.15, -0.1) is 0 Å². The third-order valence-electron chi connectivity index (χ3n) is 3.69. The van der Waals surface area contributed by atoms with Crippen LogP contribution in [0.1, 0.15) is 19.3 Å². The van der Waals surface area contributed by atoms with Crippen molar-refractivity contribution in [3.8, 4) is 0 Å². The van der Waals surface area contributed by atoms with Gasteiger partial charge in [-0.2, -0.15) is 0 Å². The van der Waals surface area contributed by atoms with Gasteiger partial charge >= 0.3 is 0 Å². The average molecular weight is 233 g/mol. The van der Waals surface area contributed by atoms with Gasteiger partial charge in [-0.1, -0.05) is 0 Å². The Balaban J connectivity index is 2.12. The zero-order valence-corrected chi connectivity index (χ0v) is 9.98. The predicted molar refractivity (Wildman–Crippen MR) is 58.6 cm³/mol. The predicted octanol–water partition coefficient (Wildman–Crippen LogP) is 0.190. The van der Waals surface area contributed by atoms with E-state index in [9.17, 15) is 8.42 Å². The van der Waals surface area contributed by atoms with Crippen LogP contribution in [0.4, 0.5) is 0 Å². The maximum atomic E-state index is 11.5. The van der Waals surface area contributed by atoms with Crippen LogP contribution in [0.5, 0.6) is 0 Å². The Morgan fingerprint density at radius 3 is 2.80 bits per heavy atom. The fourth-order valence-corrected chi connectivity index (χ4v) is 4.82. The molecule has 2 unspecified atom stereocenters. The van der Waals surface area contributed by atoms with Crippen LogP contribution in [-0.2, 0) is 14.6 Å². The minimum Gasteiger partial charge on any atom is -0.383 e. The zero-order valence-electron chi connectivity index (χ0n) is 9.16. The van der Waals surface area contributed by atoms with Crippen molar-refractivity contribution in [3.63, 3.8) is 0 Å². The Kier molecular flexibility index (Phi) is 3.05. The summed E-state index contributed by atoms with van der Waals surface area (Å²) in [5.41, 5.74) is -0.0711. The van der Waals surface area contributed by atoms with Crippen LogP contribution in [0.2, 0.25) is 0 Å². The first kappa shape index (κ1) is 11.4. The van der Waals surface area contributed by atoms with E-state index in [1.807, 2.05) is 0 Å². The first-order valence-electron chi connectivity index (χ1n) is 5.52. The Hall–Kier alpha value is -0.130. The molecular formula is C10H19NO3S. The molecule has 88 valence electrons. The second-order valence-corrected chi connectivity index (χ2v) is 6.95. The second kappa shape index (κ2) is 4.03. The first-order chi connectivity index (χ1) is 7.08. The number of rotatable bonds is 3. The van der Waals surface area contributed by atoms with Crippen LogP contribution in [0.25, 0.3) is 0 Å². The normalized spacial score (nSPS) is 39.7. The highest BCUT2D eigenvalue weighted by atomic mass is 32.2. The molecule has 0 aromatic heterocycles. The van der Waals surface area contributed by atoms with Crippen LogP contribution in [0.15, 0.2) is 0 Å².